The number of nitrogens with one attached hydrogen (secondary N) is 2. The van der Waals surface area contributed by atoms with Gasteiger partial charge in [0.1, 0.15) is 34.1 Å². The van der Waals surface area contributed by atoms with Crippen molar-refractivity contribution in [1.29, 1.82) is 0 Å². The second kappa shape index (κ2) is 12.6. The van der Waals surface area contributed by atoms with Crippen molar-refractivity contribution in [2.75, 3.05) is 40.4 Å². The maximum atomic E-state index is 13.6. The lowest BCUT2D eigenvalue weighted by Gasteiger charge is -2.21. The molecule has 2 fully saturated rings. The van der Waals surface area contributed by atoms with Crippen LogP contribution >= 0.6 is 11.3 Å². The van der Waals surface area contributed by atoms with Crippen molar-refractivity contribution in [3.05, 3.63) is 69.7 Å². The summed E-state index contributed by atoms with van der Waals surface area (Å²) >= 11 is 1.45. The molecule has 4 heterocycles. The van der Waals surface area contributed by atoms with Gasteiger partial charge in [-0.25, -0.2) is 4.98 Å². The van der Waals surface area contributed by atoms with Gasteiger partial charge in [0.2, 0.25) is 0 Å². The first-order valence-electron chi connectivity index (χ1n) is 14.4. The highest BCUT2D eigenvalue weighted by Crippen LogP contribution is 2.31. The lowest BCUT2D eigenvalue weighted by molar-refractivity contribution is -0.123. The third-order valence-electron chi connectivity index (χ3n) is 7.49. The molecule has 3 aliphatic heterocycles. The highest BCUT2D eigenvalue weighted by atomic mass is 32.1. The van der Waals surface area contributed by atoms with Gasteiger partial charge in [-0.05, 0) is 62.7 Å². The molecule has 4 aliphatic rings. The molecular formula is C31H35N5O6S. The molecule has 2 N–H and O–H groups in total. The van der Waals surface area contributed by atoms with E-state index in [1.54, 1.807) is 28.5 Å². The van der Waals surface area contributed by atoms with Crippen LogP contribution in [0.3, 0.4) is 0 Å². The Morgan fingerprint density at radius 2 is 1.93 bits per heavy atom. The molecule has 2 aromatic carbocycles. The Hall–Kier alpha value is -4.16. The maximum absolute atomic E-state index is 13.6. The van der Waals surface area contributed by atoms with Crippen LogP contribution in [0.2, 0.25) is 0 Å². The summed E-state index contributed by atoms with van der Waals surface area (Å²) in [6.07, 6.45) is 1.75. The van der Waals surface area contributed by atoms with Gasteiger partial charge in [0.05, 0.1) is 19.2 Å². The summed E-state index contributed by atoms with van der Waals surface area (Å²) in [5, 5.41) is 8.56. The third-order valence-corrected chi connectivity index (χ3v) is 8.32. The van der Waals surface area contributed by atoms with E-state index >= 15 is 0 Å². The molecule has 12 heteroatoms. The van der Waals surface area contributed by atoms with Gasteiger partial charge in [0.15, 0.2) is 6.61 Å². The minimum atomic E-state index is -0.501. The van der Waals surface area contributed by atoms with Crippen LogP contribution in [0.1, 0.15) is 44.3 Å². The van der Waals surface area contributed by atoms with E-state index in [4.69, 9.17) is 14.2 Å². The van der Waals surface area contributed by atoms with E-state index in [9.17, 15) is 14.4 Å². The predicted octanol–water partition coefficient (Wildman–Crippen LogP) is 2.70. The van der Waals surface area contributed by atoms with E-state index in [0.717, 1.165) is 23.4 Å². The molecule has 11 nitrogen and oxygen atoms in total. The summed E-state index contributed by atoms with van der Waals surface area (Å²) in [5.74, 6) is 1.13. The van der Waals surface area contributed by atoms with E-state index in [1.807, 2.05) is 43.3 Å². The van der Waals surface area contributed by atoms with E-state index in [1.165, 1.54) is 11.3 Å². The number of aromatic nitrogens is 1. The number of rotatable bonds is 6. The van der Waals surface area contributed by atoms with Gasteiger partial charge in [0, 0.05) is 36.6 Å². The van der Waals surface area contributed by atoms with Crippen molar-refractivity contribution < 1.29 is 28.6 Å². The van der Waals surface area contributed by atoms with Crippen LogP contribution in [-0.4, -0.2) is 85.0 Å². The number of carbonyl (C=O) groups is 3. The normalized spacial score (nSPS) is 20.5. The van der Waals surface area contributed by atoms with Crippen molar-refractivity contribution >= 4 is 29.1 Å². The first kappa shape index (κ1) is 28.9. The van der Waals surface area contributed by atoms with E-state index in [0.29, 0.717) is 54.1 Å². The molecule has 3 aromatic rings. The van der Waals surface area contributed by atoms with E-state index < -0.39 is 12.1 Å². The van der Waals surface area contributed by atoms with Gasteiger partial charge < -0.3 is 34.6 Å². The summed E-state index contributed by atoms with van der Waals surface area (Å²) in [7, 11) is 3.91. The van der Waals surface area contributed by atoms with Gasteiger partial charge in [-0.3, -0.25) is 14.4 Å². The van der Waals surface area contributed by atoms with Crippen LogP contribution in [0.4, 0.5) is 0 Å². The van der Waals surface area contributed by atoms with Crippen molar-refractivity contribution in [2.24, 2.45) is 5.92 Å². The Labute approximate surface area is 254 Å². The van der Waals surface area contributed by atoms with Gasteiger partial charge in [-0.15, -0.1) is 11.3 Å². The predicted molar refractivity (Wildman–Crippen MR) is 160 cm³/mol. The lowest BCUT2D eigenvalue weighted by atomic mass is 10.1. The Morgan fingerprint density at radius 1 is 1.12 bits per heavy atom. The molecule has 1 saturated heterocycles. The number of thiazole rings is 1. The zero-order valence-corrected chi connectivity index (χ0v) is 25.0. The third kappa shape index (κ3) is 7.44. The highest BCUT2D eigenvalue weighted by Gasteiger charge is 2.39. The SMILES string of the molecule is CN(C)Cc1nc(C(=O)N2C[C@@H]3NC(=O)c4cc(cc(OCC5CC5)c4)OCC(=O)NCc4ccc(cc4)O[C@H]3C2)cs1. The fraction of sp³-hybridized carbons (Fsp3) is 0.419. The fourth-order valence-electron chi connectivity index (χ4n) is 4.99. The minimum absolute atomic E-state index is 0.203. The Morgan fingerprint density at radius 3 is 2.70 bits per heavy atom. The van der Waals surface area contributed by atoms with Gasteiger partial charge in [-0.1, -0.05) is 12.1 Å². The second-order valence-electron chi connectivity index (χ2n) is 11.5. The molecular weight excluding hydrogens is 570 g/mol. The number of nitrogens with zero attached hydrogens (tertiary/aromatic N) is 3. The van der Waals surface area contributed by atoms with Crippen molar-refractivity contribution in [1.82, 2.24) is 25.4 Å². The van der Waals surface area contributed by atoms with Crippen LogP contribution in [0.25, 0.3) is 0 Å². The number of carbonyl (C=O) groups excluding carboxylic acids is 3. The van der Waals surface area contributed by atoms with Crippen molar-refractivity contribution in [3.8, 4) is 17.2 Å². The summed E-state index contributed by atoms with van der Waals surface area (Å²) in [4.78, 5) is 47.8. The number of fused-ring (bicyclic) bond motifs is 7. The number of amides is 3. The van der Waals surface area contributed by atoms with Crippen LogP contribution in [-0.2, 0) is 17.9 Å². The van der Waals surface area contributed by atoms with Gasteiger partial charge >= 0.3 is 0 Å². The number of hydrogen-bond acceptors (Lipinski definition) is 9. The topological polar surface area (TPSA) is 122 Å². The maximum Gasteiger partial charge on any atom is 0.273 e. The van der Waals surface area contributed by atoms with Crippen LogP contribution in [0.5, 0.6) is 17.2 Å². The van der Waals surface area contributed by atoms with Crippen LogP contribution < -0.4 is 24.8 Å². The Bertz CT molecular complexity index is 1490. The monoisotopic (exact) mass is 605 g/mol. The zero-order valence-electron chi connectivity index (χ0n) is 24.2. The number of hydrogen-bond donors (Lipinski definition) is 2. The lowest BCUT2D eigenvalue weighted by Crippen LogP contribution is -2.45. The molecule has 2 atom stereocenters. The molecule has 7 rings (SSSR count). The summed E-state index contributed by atoms with van der Waals surface area (Å²) in [6, 6.07) is 11.8. The fourth-order valence-corrected chi connectivity index (χ4v) is 5.88. The van der Waals surface area contributed by atoms with Crippen LogP contribution in [0, 0.1) is 5.92 Å². The smallest absolute Gasteiger partial charge is 0.273 e. The van der Waals surface area contributed by atoms with Crippen molar-refractivity contribution in [2.45, 2.75) is 38.1 Å². The molecule has 43 heavy (non-hydrogen) atoms. The highest BCUT2D eigenvalue weighted by molar-refractivity contribution is 7.09. The molecule has 226 valence electrons. The van der Waals surface area contributed by atoms with Crippen molar-refractivity contribution in [3.63, 3.8) is 0 Å². The molecule has 1 aliphatic carbocycles. The quantitative estimate of drug-likeness (QED) is 0.440. The molecule has 1 saturated carbocycles. The number of benzene rings is 2. The molecule has 0 radical (unpaired) electrons. The van der Waals surface area contributed by atoms with E-state index in [-0.39, 0.29) is 37.4 Å². The average molecular weight is 606 g/mol. The summed E-state index contributed by atoms with van der Waals surface area (Å²) < 4.78 is 18.1. The summed E-state index contributed by atoms with van der Waals surface area (Å²) in [5.41, 5.74) is 1.61. The molecule has 1 aromatic heterocycles. The molecule has 3 amide bonds. The molecule has 0 unspecified atom stereocenters. The second-order valence-corrected chi connectivity index (χ2v) is 12.4. The standard InChI is InChI=1S/C31H35N5O6S/c1-35(2)15-29-33-26(18-43-29)31(39)36-13-25-27(14-36)42-22-7-5-19(6-8-22)12-32-28(37)17-41-24-10-21(30(38)34-25)9-23(11-24)40-16-20-3-4-20/h5-11,18,20,25,27H,3-4,12-17H2,1-2H3,(H,32,37)(H,34,38)/t25-,27-/m0/s1. The molecule has 4 bridgehead atoms. The Balaban J connectivity index is 1.26. The van der Waals surface area contributed by atoms with Gasteiger partial charge in [-0.2, -0.15) is 0 Å². The largest absolute Gasteiger partial charge is 0.493 e. The minimum Gasteiger partial charge on any atom is -0.493 e. The average Bonchev–Trinajstić information content (AvgIpc) is 3.58. The van der Waals surface area contributed by atoms with Gasteiger partial charge in [0.25, 0.3) is 17.7 Å². The number of likely N-dealkylation sites (tertiary alicyclic amines) is 1. The first-order valence-corrected chi connectivity index (χ1v) is 15.3. The summed E-state index contributed by atoms with van der Waals surface area (Å²) in [6.45, 7) is 1.87. The van der Waals surface area contributed by atoms with E-state index in [2.05, 4.69) is 15.6 Å². The van der Waals surface area contributed by atoms with Crippen LogP contribution in [0.15, 0.2) is 47.8 Å². The zero-order chi connectivity index (χ0) is 29.9. The first-order chi connectivity index (χ1) is 20.8. The number of ether oxygens (including phenoxy) is 3. The Kier molecular flexibility index (Phi) is 8.48. The molecule has 0 spiro atoms.